The quantitative estimate of drug-likeness (QED) is 0.736. The lowest BCUT2D eigenvalue weighted by atomic mass is 10.1. The number of fused-ring (bicyclic) bond motifs is 1. The molecule has 1 aliphatic rings. The molecule has 1 unspecified atom stereocenters. The van der Waals surface area contributed by atoms with Crippen LogP contribution in [-0.4, -0.2) is 27.9 Å². The minimum Gasteiger partial charge on any atom is -0.310 e. The van der Waals surface area contributed by atoms with Crippen LogP contribution in [0.15, 0.2) is 48.5 Å². The Kier molecular flexibility index (Phi) is 4.81. The standard InChI is InChI=1S/C21H21FN4O2/c1-2-11-25-18-10-6-4-8-16(18)23-21(25)24-20(28)14-12-19(27)26(13-14)17-9-5-3-7-15(17)22/h3-10,14H,2,11-13H2,1H3,(H,23,24,28). The van der Waals surface area contributed by atoms with Crippen LogP contribution in [0.1, 0.15) is 19.8 Å². The zero-order chi connectivity index (χ0) is 19.7. The van der Waals surface area contributed by atoms with Gasteiger partial charge in [-0.1, -0.05) is 31.2 Å². The molecule has 1 aromatic heterocycles. The number of nitrogens with zero attached hydrogens (tertiary/aromatic N) is 3. The molecule has 1 atom stereocenters. The number of hydrogen-bond acceptors (Lipinski definition) is 3. The SMILES string of the molecule is CCCn1c(NC(=O)C2CC(=O)N(c3ccccc3F)C2)nc2ccccc21. The van der Waals surface area contributed by atoms with Crippen LogP contribution < -0.4 is 10.2 Å². The van der Waals surface area contributed by atoms with Crippen molar-refractivity contribution in [3.63, 3.8) is 0 Å². The van der Waals surface area contributed by atoms with E-state index in [1.54, 1.807) is 18.2 Å². The van der Waals surface area contributed by atoms with Gasteiger partial charge in [-0.05, 0) is 30.7 Å². The van der Waals surface area contributed by atoms with Crippen LogP contribution in [-0.2, 0) is 16.1 Å². The normalized spacial score (nSPS) is 16.7. The molecule has 2 aromatic carbocycles. The molecule has 0 aliphatic carbocycles. The van der Waals surface area contributed by atoms with Crippen molar-refractivity contribution < 1.29 is 14.0 Å². The molecule has 3 aromatic rings. The number of halogens is 1. The molecule has 1 N–H and O–H groups in total. The van der Waals surface area contributed by atoms with E-state index >= 15 is 0 Å². The number of hydrogen-bond donors (Lipinski definition) is 1. The summed E-state index contributed by atoms with van der Waals surface area (Å²) in [4.78, 5) is 31.0. The maximum Gasteiger partial charge on any atom is 0.232 e. The van der Waals surface area contributed by atoms with E-state index in [-0.39, 0.29) is 30.5 Å². The Morgan fingerprint density at radius 2 is 1.96 bits per heavy atom. The molecule has 7 heteroatoms. The van der Waals surface area contributed by atoms with Gasteiger partial charge in [0.05, 0.1) is 22.6 Å². The van der Waals surface area contributed by atoms with Crippen molar-refractivity contribution in [2.75, 3.05) is 16.8 Å². The molecule has 2 heterocycles. The third-order valence-electron chi connectivity index (χ3n) is 4.98. The molecule has 28 heavy (non-hydrogen) atoms. The molecule has 0 radical (unpaired) electrons. The topological polar surface area (TPSA) is 67.2 Å². The van der Waals surface area contributed by atoms with Gasteiger partial charge in [0, 0.05) is 19.5 Å². The second-order valence-electron chi connectivity index (χ2n) is 6.92. The van der Waals surface area contributed by atoms with Crippen LogP contribution in [0.5, 0.6) is 0 Å². The van der Waals surface area contributed by atoms with Crippen LogP contribution in [0.25, 0.3) is 11.0 Å². The summed E-state index contributed by atoms with van der Waals surface area (Å²) in [7, 11) is 0. The van der Waals surface area contributed by atoms with Gasteiger partial charge in [0.15, 0.2) is 0 Å². The summed E-state index contributed by atoms with van der Waals surface area (Å²) in [5.41, 5.74) is 1.97. The maximum absolute atomic E-state index is 14.0. The summed E-state index contributed by atoms with van der Waals surface area (Å²) < 4.78 is 16.0. The molecule has 0 spiro atoms. The van der Waals surface area contributed by atoms with Crippen LogP contribution >= 0.6 is 0 Å². The molecule has 0 saturated carbocycles. The Bertz CT molecular complexity index is 1050. The van der Waals surface area contributed by atoms with Crippen molar-refractivity contribution in [3.8, 4) is 0 Å². The second-order valence-corrected chi connectivity index (χ2v) is 6.92. The van der Waals surface area contributed by atoms with Crippen molar-refractivity contribution >= 4 is 34.5 Å². The number of carbonyl (C=O) groups is 2. The van der Waals surface area contributed by atoms with E-state index in [0.717, 1.165) is 24.0 Å². The predicted molar refractivity (Wildman–Crippen MR) is 106 cm³/mol. The average molecular weight is 380 g/mol. The molecular weight excluding hydrogens is 359 g/mol. The van der Waals surface area contributed by atoms with E-state index in [1.165, 1.54) is 11.0 Å². The van der Waals surface area contributed by atoms with Gasteiger partial charge >= 0.3 is 0 Å². The lowest BCUT2D eigenvalue weighted by Gasteiger charge is -2.17. The zero-order valence-electron chi connectivity index (χ0n) is 15.6. The highest BCUT2D eigenvalue weighted by Crippen LogP contribution is 2.28. The van der Waals surface area contributed by atoms with Gasteiger partial charge in [-0.15, -0.1) is 0 Å². The van der Waals surface area contributed by atoms with Crippen molar-refractivity contribution in [3.05, 3.63) is 54.3 Å². The van der Waals surface area contributed by atoms with E-state index in [0.29, 0.717) is 5.95 Å². The smallest absolute Gasteiger partial charge is 0.232 e. The minimum absolute atomic E-state index is 0.0498. The summed E-state index contributed by atoms with van der Waals surface area (Å²) >= 11 is 0. The summed E-state index contributed by atoms with van der Waals surface area (Å²) in [6.07, 6.45) is 0.945. The molecule has 4 rings (SSSR count). The Morgan fingerprint density at radius 1 is 1.21 bits per heavy atom. The third-order valence-corrected chi connectivity index (χ3v) is 4.98. The molecule has 2 amide bonds. The summed E-state index contributed by atoms with van der Waals surface area (Å²) in [6.45, 7) is 2.93. The van der Waals surface area contributed by atoms with Gasteiger partial charge in [-0.3, -0.25) is 14.9 Å². The average Bonchev–Trinajstić information content (AvgIpc) is 3.24. The van der Waals surface area contributed by atoms with Crippen molar-refractivity contribution in [2.24, 2.45) is 5.92 Å². The highest BCUT2D eigenvalue weighted by molar-refractivity contribution is 6.03. The number of aryl methyl sites for hydroxylation is 1. The van der Waals surface area contributed by atoms with Gasteiger partial charge in [0.2, 0.25) is 17.8 Å². The molecule has 6 nitrogen and oxygen atoms in total. The van der Waals surface area contributed by atoms with Gasteiger partial charge in [-0.2, -0.15) is 0 Å². The van der Waals surface area contributed by atoms with Gasteiger partial charge < -0.3 is 9.47 Å². The molecule has 1 fully saturated rings. The monoisotopic (exact) mass is 380 g/mol. The first kappa shape index (κ1) is 18.2. The van der Waals surface area contributed by atoms with Crippen LogP contribution in [0, 0.1) is 11.7 Å². The highest BCUT2D eigenvalue weighted by Gasteiger charge is 2.36. The fourth-order valence-electron chi connectivity index (χ4n) is 3.62. The number of nitrogens with one attached hydrogen (secondary N) is 1. The first-order valence-corrected chi connectivity index (χ1v) is 9.39. The number of imidazole rings is 1. The Hall–Kier alpha value is -3.22. The number of aromatic nitrogens is 2. The molecule has 1 aliphatic heterocycles. The third kappa shape index (κ3) is 3.24. The predicted octanol–water partition coefficient (Wildman–Crippen LogP) is 3.58. The van der Waals surface area contributed by atoms with E-state index < -0.39 is 11.7 Å². The summed E-state index contributed by atoms with van der Waals surface area (Å²) in [5, 5.41) is 2.87. The Balaban J connectivity index is 1.55. The molecule has 144 valence electrons. The summed E-state index contributed by atoms with van der Waals surface area (Å²) in [6, 6.07) is 13.8. The van der Waals surface area contributed by atoms with E-state index in [9.17, 15) is 14.0 Å². The van der Waals surface area contributed by atoms with E-state index in [1.807, 2.05) is 28.8 Å². The second kappa shape index (κ2) is 7.42. The lowest BCUT2D eigenvalue weighted by molar-refractivity contribution is -0.122. The number of carbonyl (C=O) groups excluding carboxylic acids is 2. The largest absolute Gasteiger partial charge is 0.310 e. The van der Waals surface area contributed by atoms with Crippen molar-refractivity contribution in [1.82, 2.24) is 9.55 Å². The highest BCUT2D eigenvalue weighted by atomic mass is 19.1. The van der Waals surface area contributed by atoms with E-state index in [4.69, 9.17) is 0 Å². The first-order valence-electron chi connectivity index (χ1n) is 9.39. The fraction of sp³-hybridized carbons (Fsp3) is 0.286. The number of rotatable bonds is 5. The van der Waals surface area contributed by atoms with Crippen molar-refractivity contribution in [1.29, 1.82) is 0 Å². The summed E-state index contributed by atoms with van der Waals surface area (Å²) in [5.74, 6) is -1.08. The van der Waals surface area contributed by atoms with E-state index in [2.05, 4.69) is 17.2 Å². The number of para-hydroxylation sites is 3. The molecule has 1 saturated heterocycles. The lowest BCUT2D eigenvalue weighted by Crippen LogP contribution is -2.29. The Labute approximate surface area is 162 Å². The van der Waals surface area contributed by atoms with Crippen LogP contribution in [0.3, 0.4) is 0 Å². The fourth-order valence-corrected chi connectivity index (χ4v) is 3.62. The van der Waals surface area contributed by atoms with Gasteiger partial charge in [0.1, 0.15) is 5.82 Å². The molecular formula is C21H21FN4O2. The number of benzene rings is 2. The van der Waals surface area contributed by atoms with Crippen molar-refractivity contribution in [2.45, 2.75) is 26.3 Å². The van der Waals surface area contributed by atoms with Crippen LogP contribution in [0.2, 0.25) is 0 Å². The van der Waals surface area contributed by atoms with Gasteiger partial charge in [0.25, 0.3) is 0 Å². The number of amides is 2. The minimum atomic E-state index is -0.554. The Morgan fingerprint density at radius 3 is 2.75 bits per heavy atom. The maximum atomic E-state index is 14.0. The first-order chi connectivity index (χ1) is 13.6. The van der Waals surface area contributed by atoms with Crippen LogP contribution in [0.4, 0.5) is 16.0 Å². The number of anilines is 2. The zero-order valence-corrected chi connectivity index (χ0v) is 15.6. The molecule has 0 bridgehead atoms. The van der Waals surface area contributed by atoms with Gasteiger partial charge in [-0.25, -0.2) is 9.37 Å².